The van der Waals surface area contributed by atoms with Crippen molar-refractivity contribution < 1.29 is 31.1 Å². The molecule has 0 saturated carbocycles. The summed E-state index contributed by atoms with van der Waals surface area (Å²) in [5.41, 5.74) is -2.00. The SMILES string of the molecule is FC(F)(F)Oc1cc(C(F)(F)F)ccc1N(Cl)N(Cl)Cl. The Bertz CT molecular complexity index is 478. The second-order valence-corrected chi connectivity index (χ2v) is 4.34. The first-order valence-corrected chi connectivity index (χ1v) is 5.48. The zero-order chi connectivity index (χ0) is 15.7. The van der Waals surface area contributed by atoms with Gasteiger partial charge in [-0.1, -0.05) is 0 Å². The first-order valence-electron chi connectivity index (χ1n) is 4.46. The van der Waals surface area contributed by atoms with E-state index in [0.29, 0.717) is 12.1 Å². The lowest BCUT2D eigenvalue weighted by molar-refractivity contribution is -0.274. The number of hydrogen-bond donors (Lipinski definition) is 0. The minimum absolute atomic E-state index is 0.105. The summed E-state index contributed by atoms with van der Waals surface area (Å²) in [6.07, 6.45) is -10.1. The van der Waals surface area contributed by atoms with Gasteiger partial charge in [0.1, 0.15) is 5.69 Å². The molecule has 114 valence electrons. The maximum Gasteiger partial charge on any atom is 0.573 e. The fraction of sp³-hybridized carbons (Fsp3) is 0.250. The van der Waals surface area contributed by atoms with Gasteiger partial charge in [0.25, 0.3) is 0 Å². The Kier molecular flexibility index (Phi) is 5.12. The smallest absolute Gasteiger partial charge is 0.403 e. The van der Waals surface area contributed by atoms with E-state index in [1.165, 1.54) is 0 Å². The summed E-state index contributed by atoms with van der Waals surface area (Å²) in [7, 11) is 0. The first kappa shape index (κ1) is 17.3. The van der Waals surface area contributed by atoms with Gasteiger partial charge in [0, 0.05) is 35.3 Å². The highest BCUT2D eigenvalue weighted by Gasteiger charge is 2.36. The molecule has 1 rings (SSSR count). The van der Waals surface area contributed by atoms with Crippen LogP contribution < -0.4 is 9.26 Å². The molecular formula is C8H3Cl3F6N2O. The Hall–Kier alpha value is -0.770. The highest BCUT2D eigenvalue weighted by molar-refractivity contribution is 6.40. The molecule has 0 radical (unpaired) electrons. The number of halogens is 9. The minimum atomic E-state index is -5.22. The fourth-order valence-electron chi connectivity index (χ4n) is 1.13. The maximum atomic E-state index is 12.4. The van der Waals surface area contributed by atoms with E-state index in [1.807, 2.05) is 0 Å². The predicted molar refractivity (Wildman–Crippen MR) is 60.0 cm³/mol. The third-order valence-electron chi connectivity index (χ3n) is 1.84. The third kappa shape index (κ3) is 4.65. The highest BCUT2D eigenvalue weighted by Crippen LogP contribution is 2.40. The third-order valence-corrected chi connectivity index (χ3v) is 2.63. The van der Waals surface area contributed by atoms with Gasteiger partial charge in [-0.15, -0.1) is 13.2 Å². The largest absolute Gasteiger partial charge is 0.573 e. The summed E-state index contributed by atoms with van der Waals surface area (Å²) >= 11 is 15.7. The van der Waals surface area contributed by atoms with Crippen LogP contribution in [0.3, 0.4) is 0 Å². The van der Waals surface area contributed by atoms with Crippen molar-refractivity contribution in [2.24, 2.45) is 0 Å². The lowest BCUT2D eigenvalue weighted by atomic mass is 10.2. The molecule has 0 amide bonds. The lowest BCUT2D eigenvalue weighted by Gasteiger charge is -2.22. The second kappa shape index (κ2) is 5.92. The van der Waals surface area contributed by atoms with E-state index in [1.54, 1.807) is 0 Å². The van der Waals surface area contributed by atoms with Crippen molar-refractivity contribution >= 4 is 41.0 Å². The van der Waals surface area contributed by atoms with Gasteiger partial charge >= 0.3 is 12.5 Å². The van der Waals surface area contributed by atoms with Gasteiger partial charge in [0.2, 0.25) is 0 Å². The Morgan fingerprint density at radius 2 is 1.50 bits per heavy atom. The number of benzene rings is 1. The van der Waals surface area contributed by atoms with Crippen LogP contribution in [-0.2, 0) is 6.18 Å². The van der Waals surface area contributed by atoms with E-state index in [-0.39, 0.29) is 14.6 Å². The number of hydrazine groups is 1. The van der Waals surface area contributed by atoms with Crippen LogP contribution in [0.25, 0.3) is 0 Å². The van der Waals surface area contributed by atoms with Crippen molar-refractivity contribution in [1.82, 2.24) is 4.05 Å². The van der Waals surface area contributed by atoms with Crippen molar-refractivity contribution in [3.05, 3.63) is 23.8 Å². The Morgan fingerprint density at radius 3 is 1.90 bits per heavy atom. The van der Waals surface area contributed by atoms with Crippen molar-refractivity contribution in [2.45, 2.75) is 12.5 Å². The van der Waals surface area contributed by atoms with Crippen LogP contribution in [0.15, 0.2) is 18.2 Å². The van der Waals surface area contributed by atoms with Gasteiger partial charge in [-0.3, -0.25) is 0 Å². The van der Waals surface area contributed by atoms with E-state index < -0.39 is 29.5 Å². The number of alkyl halides is 6. The van der Waals surface area contributed by atoms with E-state index in [2.05, 4.69) is 4.74 Å². The molecule has 0 fully saturated rings. The average molecular weight is 363 g/mol. The number of nitrogens with zero attached hydrogens (tertiary/aromatic N) is 2. The van der Waals surface area contributed by atoms with Crippen LogP contribution in [0.5, 0.6) is 5.75 Å². The topological polar surface area (TPSA) is 15.7 Å². The molecule has 0 N–H and O–H groups in total. The van der Waals surface area contributed by atoms with E-state index in [0.717, 1.165) is 0 Å². The summed E-state index contributed by atoms with van der Waals surface area (Å²) in [5.74, 6) is -1.21. The van der Waals surface area contributed by atoms with Gasteiger partial charge in [-0.2, -0.15) is 17.7 Å². The molecule has 0 atom stereocenters. The average Bonchev–Trinajstić information content (AvgIpc) is 2.24. The monoisotopic (exact) mass is 362 g/mol. The zero-order valence-corrected chi connectivity index (χ0v) is 11.2. The molecule has 0 aliphatic carbocycles. The van der Waals surface area contributed by atoms with E-state index >= 15 is 0 Å². The van der Waals surface area contributed by atoms with Crippen molar-refractivity contribution in [3.8, 4) is 5.75 Å². The molecular weight excluding hydrogens is 360 g/mol. The van der Waals surface area contributed by atoms with Crippen molar-refractivity contribution in [1.29, 1.82) is 0 Å². The number of anilines is 1. The molecule has 0 bridgehead atoms. The summed E-state index contributed by atoms with van der Waals surface area (Å²) in [5, 5.41) is 0. The van der Waals surface area contributed by atoms with Crippen LogP contribution in [0.4, 0.5) is 32.0 Å². The molecule has 0 saturated heterocycles. The molecule has 0 aromatic heterocycles. The Morgan fingerprint density at radius 1 is 0.950 bits per heavy atom. The Labute approximate surface area is 123 Å². The number of hydrogen-bond acceptors (Lipinski definition) is 3. The van der Waals surface area contributed by atoms with Crippen LogP contribution in [0.1, 0.15) is 5.56 Å². The highest BCUT2D eigenvalue weighted by atomic mass is 35.5. The van der Waals surface area contributed by atoms with Gasteiger partial charge in [-0.25, -0.2) is 0 Å². The van der Waals surface area contributed by atoms with Crippen LogP contribution in [0.2, 0.25) is 0 Å². The molecule has 12 heteroatoms. The van der Waals surface area contributed by atoms with Crippen LogP contribution in [-0.4, -0.2) is 10.4 Å². The first-order chi connectivity index (χ1) is 8.92. The standard InChI is InChI=1S/C8H3Cl3F6N2O/c9-18(19(10)11)5-2-1-4(7(12,13)14)3-6(5)20-8(15,16)17/h1-3H. The number of ether oxygens (including phenoxy) is 1. The maximum absolute atomic E-state index is 12.4. The molecule has 20 heavy (non-hydrogen) atoms. The molecule has 0 aliphatic heterocycles. The van der Waals surface area contributed by atoms with E-state index in [4.69, 9.17) is 35.3 Å². The van der Waals surface area contributed by atoms with Crippen LogP contribution >= 0.6 is 35.3 Å². The van der Waals surface area contributed by atoms with Gasteiger partial charge in [0.05, 0.1) is 5.56 Å². The van der Waals surface area contributed by atoms with Gasteiger partial charge in [0.15, 0.2) is 5.75 Å². The van der Waals surface area contributed by atoms with Gasteiger partial charge in [-0.05, 0) is 22.2 Å². The van der Waals surface area contributed by atoms with Gasteiger partial charge < -0.3 is 4.74 Å². The number of rotatable bonds is 3. The van der Waals surface area contributed by atoms with Crippen molar-refractivity contribution in [3.63, 3.8) is 0 Å². The summed E-state index contributed by atoms with van der Waals surface area (Å²) in [6, 6.07) is 1.23. The zero-order valence-electron chi connectivity index (χ0n) is 8.94. The minimum Gasteiger partial charge on any atom is -0.403 e. The van der Waals surface area contributed by atoms with Crippen LogP contribution in [0, 0.1) is 0 Å². The second-order valence-electron chi connectivity index (χ2n) is 3.20. The van der Waals surface area contributed by atoms with E-state index in [9.17, 15) is 26.3 Å². The summed E-state index contributed by atoms with van der Waals surface area (Å²) in [6.45, 7) is 0. The Balaban J connectivity index is 3.31. The normalized spacial score (nSPS) is 12.7. The quantitative estimate of drug-likeness (QED) is 0.423. The molecule has 1 aromatic carbocycles. The molecule has 1 aromatic rings. The van der Waals surface area contributed by atoms with Crippen molar-refractivity contribution in [2.75, 3.05) is 4.53 Å². The molecule has 0 unspecified atom stereocenters. The summed E-state index contributed by atoms with van der Waals surface area (Å²) < 4.78 is 77.6. The molecule has 0 spiro atoms. The lowest BCUT2D eigenvalue weighted by Crippen LogP contribution is -2.23. The molecule has 0 aliphatic rings. The summed E-state index contributed by atoms with van der Waals surface area (Å²) in [4.78, 5) is 0. The fourth-order valence-corrected chi connectivity index (χ4v) is 1.43. The molecule has 3 nitrogen and oxygen atoms in total. The predicted octanol–water partition coefficient (Wildman–Crippen LogP) is 5.09. The molecule has 0 heterocycles.